The van der Waals surface area contributed by atoms with E-state index in [0.29, 0.717) is 24.1 Å². The van der Waals surface area contributed by atoms with Crippen molar-refractivity contribution in [3.8, 4) is 0 Å². The van der Waals surface area contributed by atoms with Crippen LogP contribution < -0.4 is 5.32 Å². The number of aromatic carboxylic acids is 1. The van der Waals surface area contributed by atoms with E-state index in [2.05, 4.69) is 15.5 Å². The standard InChI is InChI=1S/C12H14N4O2/c17-12(18)9-5-2-6-10-14-15-11(16(9)10)7-13-8-3-1-4-8/h2,5-6,8,13H,1,3-4,7H2,(H,17,18). The molecule has 0 aromatic carbocycles. The highest BCUT2D eigenvalue weighted by Crippen LogP contribution is 2.18. The number of carbonyl (C=O) groups is 1. The van der Waals surface area contributed by atoms with Gasteiger partial charge in [-0.3, -0.25) is 4.40 Å². The Labute approximate surface area is 104 Å². The molecule has 0 unspecified atom stereocenters. The highest BCUT2D eigenvalue weighted by atomic mass is 16.4. The van der Waals surface area contributed by atoms with E-state index in [1.54, 1.807) is 22.6 Å². The van der Waals surface area contributed by atoms with Gasteiger partial charge >= 0.3 is 5.97 Å². The van der Waals surface area contributed by atoms with Gasteiger partial charge in [-0.25, -0.2) is 4.79 Å². The predicted molar refractivity (Wildman–Crippen MR) is 64.4 cm³/mol. The number of nitrogens with zero attached hydrogens (tertiary/aromatic N) is 3. The van der Waals surface area contributed by atoms with Crippen molar-refractivity contribution in [2.24, 2.45) is 0 Å². The van der Waals surface area contributed by atoms with E-state index in [9.17, 15) is 4.79 Å². The molecule has 0 bridgehead atoms. The van der Waals surface area contributed by atoms with Gasteiger partial charge in [0.15, 0.2) is 11.5 Å². The number of hydrogen-bond donors (Lipinski definition) is 2. The number of pyridine rings is 1. The topological polar surface area (TPSA) is 79.5 Å². The molecule has 0 atom stereocenters. The first-order chi connectivity index (χ1) is 8.75. The third kappa shape index (κ3) is 1.84. The molecule has 0 radical (unpaired) electrons. The average molecular weight is 246 g/mol. The van der Waals surface area contributed by atoms with E-state index in [-0.39, 0.29) is 5.69 Å². The lowest BCUT2D eigenvalue weighted by molar-refractivity contribution is 0.0688. The molecule has 18 heavy (non-hydrogen) atoms. The lowest BCUT2D eigenvalue weighted by atomic mass is 9.93. The summed E-state index contributed by atoms with van der Waals surface area (Å²) in [5.74, 6) is -0.319. The number of rotatable bonds is 4. The molecular weight excluding hydrogens is 232 g/mol. The molecule has 0 spiro atoms. The highest BCUT2D eigenvalue weighted by Gasteiger charge is 2.19. The first-order valence-corrected chi connectivity index (χ1v) is 6.05. The number of hydrogen-bond acceptors (Lipinski definition) is 4. The molecule has 0 saturated heterocycles. The van der Waals surface area contributed by atoms with Crippen molar-refractivity contribution in [1.82, 2.24) is 19.9 Å². The molecule has 1 saturated carbocycles. The Balaban J connectivity index is 1.93. The van der Waals surface area contributed by atoms with Gasteiger partial charge in [-0.15, -0.1) is 10.2 Å². The van der Waals surface area contributed by atoms with Crippen LogP contribution in [-0.2, 0) is 6.54 Å². The zero-order valence-corrected chi connectivity index (χ0v) is 9.83. The summed E-state index contributed by atoms with van der Waals surface area (Å²) in [5.41, 5.74) is 0.767. The largest absolute Gasteiger partial charge is 0.477 e. The second kappa shape index (κ2) is 4.38. The van der Waals surface area contributed by atoms with Crippen molar-refractivity contribution >= 4 is 11.6 Å². The van der Waals surface area contributed by atoms with Crippen LogP contribution in [-0.4, -0.2) is 31.7 Å². The zero-order chi connectivity index (χ0) is 12.5. The summed E-state index contributed by atoms with van der Waals surface area (Å²) in [6.07, 6.45) is 3.63. The Bertz CT molecular complexity index is 589. The molecule has 0 amide bonds. The maximum Gasteiger partial charge on any atom is 0.352 e. The third-order valence-corrected chi connectivity index (χ3v) is 3.37. The minimum Gasteiger partial charge on any atom is -0.477 e. The van der Waals surface area contributed by atoms with Crippen LogP contribution in [0.15, 0.2) is 18.2 Å². The Kier molecular flexibility index (Phi) is 2.71. The normalized spacial score (nSPS) is 15.8. The monoisotopic (exact) mass is 246 g/mol. The smallest absolute Gasteiger partial charge is 0.352 e. The Hall–Kier alpha value is -1.95. The molecule has 1 fully saturated rings. The first-order valence-electron chi connectivity index (χ1n) is 6.05. The van der Waals surface area contributed by atoms with Crippen molar-refractivity contribution in [1.29, 1.82) is 0 Å². The van der Waals surface area contributed by atoms with E-state index in [0.717, 1.165) is 0 Å². The lowest BCUT2D eigenvalue weighted by Crippen LogP contribution is -2.35. The molecule has 94 valence electrons. The van der Waals surface area contributed by atoms with Crippen molar-refractivity contribution in [2.75, 3.05) is 0 Å². The molecule has 1 aliphatic rings. The molecule has 0 aliphatic heterocycles. The SMILES string of the molecule is O=C(O)c1cccc2nnc(CNC3CCC3)n12. The molecular formula is C12H14N4O2. The van der Waals surface area contributed by atoms with Gasteiger partial charge in [-0.1, -0.05) is 12.5 Å². The quantitative estimate of drug-likeness (QED) is 0.843. The summed E-state index contributed by atoms with van der Waals surface area (Å²) in [4.78, 5) is 11.2. The van der Waals surface area contributed by atoms with E-state index >= 15 is 0 Å². The van der Waals surface area contributed by atoms with Crippen LogP contribution in [0.5, 0.6) is 0 Å². The minimum absolute atomic E-state index is 0.197. The van der Waals surface area contributed by atoms with Crippen molar-refractivity contribution in [3.63, 3.8) is 0 Å². The van der Waals surface area contributed by atoms with E-state index in [1.165, 1.54) is 19.3 Å². The molecule has 2 N–H and O–H groups in total. The number of carboxylic acid groups (broad SMARTS) is 1. The van der Waals surface area contributed by atoms with Crippen LogP contribution in [0.25, 0.3) is 5.65 Å². The van der Waals surface area contributed by atoms with Gasteiger partial charge in [-0.2, -0.15) is 0 Å². The fourth-order valence-corrected chi connectivity index (χ4v) is 2.13. The van der Waals surface area contributed by atoms with Gasteiger partial charge in [0.1, 0.15) is 5.69 Å². The van der Waals surface area contributed by atoms with Crippen LogP contribution in [0.4, 0.5) is 0 Å². The number of carboxylic acids is 1. The van der Waals surface area contributed by atoms with Crippen molar-refractivity contribution in [3.05, 3.63) is 29.7 Å². The van der Waals surface area contributed by atoms with Gasteiger partial charge in [0, 0.05) is 6.04 Å². The van der Waals surface area contributed by atoms with Crippen LogP contribution in [0.1, 0.15) is 35.6 Å². The van der Waals surface area contributed by atoms with Crippen molar-refractivity contribution < 1.29 is 9.90 Å². The van der Waals surface area contributed by atoms with E-state index in [1.807, 2.05) is 0 Å². The summed E-state index contributed by atoms with van der Waals surface area (Å²) >= 11 is 0. The summed E-state index contributed by atoms with van der Waals surface area (Å²) in [5, 5.41) is 20.6. The predicted octanol–water partition coefficient (Wildman–Crippen LogP) is 1.07. The maximum absolute atomic E-state index is 11.2. The molecule has 3 rings (SSSR count). The van der Waals surface area contributed by atoms with Gasteiger partial charge < -0.3 is 10.4 Å². The second-order valence-corrected chi connectivity index (χ2v) is 4.53. The van der Waals surface area contributed by atoms with Crippen LogP contribution in [0.3, 0.4) is 0 Å². The summed E-state index contributed by atoms with van der Waals surface area (Å²) < 4.78 is 1.59. The Morgan fingerprint density at radius 3 is 2.94 bits per heavy atom. The molecule has 6 heteroatoms. The molecule has 2 aromatic rings. The van der Waals surface area contributed by atoms with Crippen molar-refractivity contribution in [2.45, 2.75) is 31.8 Å². The second-order valence-electron chi connectivity index (χ2n) is 4.53. The fourth-order valence-electron chi connectivity index (χ4n) is 2.13. The highest BCUT2D eigenvalue weighted by molar-refractivity contribution is 5.86. The lowest BCUT2D eigenvalue weighted by Gasteiger charge is -2.26. The summed E-state index contributed by atoms with van der Waals surface area (Å²) in [6.45, 7) is 0.552. The van der Waals surface area contributed by atoms with E-state index in [4.69, 9.17) is 5.11 Å². The number of fused-ring (bicyclic) bond motifs is 1. The van der Waals surface area contributed by atoms with E-state index < -0.39 is 5.97 Å². The molecule has 2 heterocycles. The van der Waals surface area contributed by atoms with Gasteiger partial charge in [0.2, 0.25) is 0 Å². The first kappa shape index (κ1) is 11.2. The summed E-state index contributed by atoms with van der Waals surface area (Å²) in [6, 6.07) is 5.53. The van der Waals surface area contributed by atoms with Gasteiger partial charge in [-0.05, 0) is 25.0 Å². The van der Waals surface area contributed by atoms with Crippen LogP contribution in [0.2, 0.25) is 0 Å². The number of nitrogens with one attached hydrogen (secondary N) is 1. The zero-order valence-electron chi connectivity index (χ0n) is 9.83. The maximum atomic E-state index is 11.2. The van der Waals surface area contributed by atoms with Crippen LogP contribution in [0, 0.1) is 0 Å². The summed E-state index contributed by atoms with van der Waals surface area (Å²) in [7, 11) is 0. The third-order valence-electron chi connectivity index (χ3n) is 3.37. The molecule has 6 nitrogen and oxygen atoms in total. The number of aromatic nitrogens is 3. The molecule has 1 aliphatic carbocycles. The van der Waals surface area contributed by atoms with Crippen LogP contribution >= 0.6 is 0 Å². The average Bonchev–Trinajstić information content (AvgIpc) is 2.70. The van der Waals surface area contributed by atoms with Gasteiger partial charge in [0.05, 0.1) is 6.54 Å². The Morgan fingerprint density at radius 2 is 2.28 bits per heavy atom. The minimum atomic E-state index is -0.967. The fraction of sp³-hybridized carbons (Fsp3) is 0.417. The molecule has 2 aromatic heterocycles. The van der Waals surface area contributed by atoms with Gasteiger partial charge in [0.25, 0.3) is 0 Å². The Morgan fingerprint density at radius 1 is 1.44 bits per heavy atom.